The normalized spacial score (nSPS) is 18.6. The van der Waals surface area contributed by atoms with Crippen LogP contribution in [0.15, 0.2) is 72.8 Å². The number of hydrogen-bond acceptors (Lipinski definition) is 4. The number of carbonyl (C=O) groups excluding carboxylic acids is 1. The average Bonchev–Trinajstić information content (AvgIpc) is 2.85. The van der Waals surface area contributed by atoms with Crippen LogP contribution in [-0.4, -0.2) is 32.1 Å². The Balaban J connectivity index is 1.80. The van der Waals surface area contributed by atoms with Crippen LogP contribution in [0, 0.1) is 5.92 Å². The average molecular weight is 432 g/mol. The fourth-order valence-electron chi connectivity index (χ4n) is 4.63. The van der Waals surface area contributed by atoms with Crippen molar-refractivity contribution in [1.29, 1.82) is 0 Å². The van der Waals surface area contributed by atoms with Gasteiger partial charge in [0, 0.05) is 12.1 Å². The lowest BCUT2D eigenvalue weighted by Crippen LogP contribution is -2.56. The lowest BCUT2D eigenvalue weighted by atomic mass is 9.76. The molecule has 0 bridgehead atoms. The van der Waals surface area contributed by atoms with Crippen molar-refractivity contribution in [3.05, 3.63) is 89.5 Å². The van der Waals surface area contributed by atoms with E-state index in [-0.39, 0.29) is 23.9 Å². The zero-order valence-electron chi connectivity index (χ0n) is 18.9. The zero-order valence-corrected chi connectivity index (χ0v) is 18.9. The monoisotopic (exact) mass is 431 g/mol. The molecule has 0 N–H and O–H groups in total. The lowest BCUT2D eigenvalue weighted by molar-refractivity contribution is -0.161. The third-order valence-corrected chi connectivity index (χ3v) is 6.30. The van der Waals surface area contributed by atoms with Gasteiger partial charge in [-0.3, -0.25) is 4.79 Å². The molecule has 1 saturated heterocycles. The number of ether oxygens (including phenoxy) is 3. The molecule has 1 heterocycles. The van der Waals surface area contributed by atoms with Gasteiger partial charge in [-0.1, -0.05) is 60.7 Å². The summed E-state index contributed by atoms with van der Waals surface area (Å²) in [6.45, 7) is 2.07. The van der Waals surface area contributed by atoms with E-state index in [0.717, 1.165) is 16.7 Å². The number of amides is 1. The Labute approximate surface area is 189 Å². The van der Waals surface area contributed by atoms with Gasteiger partial charge in [0.15, 0.2) is 0 Å². The van der Waals surface area contributed by atoms with Crippen LogP contribution in [0.25, 0.3) is 0 Å². The third kappa shape index (κ3) is 3.91. The minimum Gasteiger partial charge on any atom is -0.496 e. The molecule has 3 aromatic carbocycles. The second-order valence-corrected chi connectivity index (χ2v) is 8.02. The number of hydrogen-bond donors (Lipinski definition) is 0. The molecule has 5 heteroatoms. The maximum absolute atomic E-state index is 13.5. The van der Waals surface area contributed by atoms with Crippen molar-refractivity contribution in [2.75, 3.05) is 21.3 Å². The van der Waals surface area contributed by atoms with Crippen molar-refractivity contribution < 1.29 is 19.0 Å². The first kappa shape index (κ1) is 21.8. The largest absolute Gasteiger partial charge is 0.496 e. The van der Waals surface area contributed by atoms with Crippen molar-refractivity contribution in [3.63, 3.8) is 0 Å². The highest BCUT2D eigenvalue weighted by Gasteiger charge is 2.52. The van der Waals surface area contributed by atoms with Crippen molar-refractivity contribution in [3.8, 4) is 17.2 Å². The first-order valence-corrected chi connectivity index (χ1v) is 10.8. The van der Waals surface area contributed by atoms with Crippen molar-refractivity contribution in [1.82, 2.24) is 4.90 Å². The predicted octanol–water partition coefficient (Wildman–Crippen LogP) is 5.22. The zero-order chi connectivity index (χ0) is 22.7. The second kappa shape index (κ2) is 9.35. The maximum Gasteiger partial charge on any atom is 0.229 e. The minimum atomic E-state index is -0.209. The number of likely N-dealkylation sites (tertiary alicyclic amines) is 1. The Bertz CT molecular complexity index is 1040. The fraction of sp³-hybridized carbons (Fsp3) is 0.296. The summed E-state index contributed by atoms with van der Waals surface area (Å²) in [5.41, 5.74) is 3.10. The van der Waals surface area contributed by atoms with Crippen LogP contribution in [-0.2, 0) is 11.2 Å². The SMILES string of the molecule is COc1cc(OC)c([C@H]2[C@H](Cc3ccccc3)C(=O)N2[C@H](C)c2ccccc2)c(OC)c1. The van der Waals surface area contributed by atoms with Crippen LogP contribution in [0.4, 0.5) is 0 Å². The summed E-state index contributed by atoms with van der Waals surface area (Å²) in [7, 11) is 4.88. The number of methoxy groups -OCH3 is 3. The number of rotatable bonds is 8. The molecule has 1 fully saturated rings. The third-order valence-electron chi connectivity index (χ3n) is 6.30. The van der Waals surface area contributed by atoms with Gasteiger partial charge in [0.2, 0.25) is 5.91 Å². The lowest BCUT2D eigenvalue weighted by Gasteiger charge is -2.51. The molecule has 0 aliphatic carbocycles. The molecule has 166 valence electrons. The fourth-order valence-corrected chi connectivity index (χ4v) is 4.63. The molecule has 0 unspecified atom stereocenters. The van der Waals surface area contributed by atoms with E-state index >= 15 is 0 Å². The summed E-state index contributed by atoms with van der Waals surface area (Å²) in [4.78, 5) is 15.5. The Morgan fingerprint density at radius 3 is 1.94 bits per heavy atom. The maximum atomic E-state index is 13.5. The van der Waals surface area contributed by atoms with E-state index in [9.17, 15) is 4.79 Å². The van der Waals surface area contributed by atoms with Crippen LogP contribution in [0.2, 0.25) is 0 Å². The van der Waals surface area contributed by atoms with Gasteiger partial charge < -0.3 is 19.1 Å². The van der Waals surface area contributed by atoms with Gasteiger partial charge >= 0.3 is 0 Å². The Morgan fingerprint density at radius 1 is 0.844 bits per heavy atom. The Morgan fingerprint density at radius 2 is 1.41 bits per heavy atom. The Hall–Kier alpha value is -3.47. The molecule has 1 aliphatic heterocycles. The topological polar surface area (TPSA) is 48.0 Å². The molecular weight excluding hydrogens is 402 g/mol. The molecular formula is C27H29NO4. The second-order valence-electron chi connectivity index (χ2n) is 8.02. The van der Waals surface area contributed by atoms with Gasteiger partial charge in [-0.2, -0.15) is 0 Å². The summed E-state index contributed by atoms with van der Waals surface area (Å²) in [5, 5.41) is 0. The molecule has 3 atom stereocenters. The van der Waals surface area contributed by atoms with Crippen LogP contribution in [0.1, 0.15) is 35.7 Å². The van der Waals surface area contributed by atoms with Crippen LogP contribution < -0.4 is 14.2 Å². The summed E-state index contributed by atoms with van der Waals surface area (Å²) >= 11 is 0. The predicted molar refractivity (Wildman–Crippen MR) is 124 cm³/mol. The van der Waals surface area contributed by atoms with Gasteiger partial charge in [-0.15, -0.1) is 0 Å². The standard InChI is InChI=1S/C27H29NO4/c1-18(20-13-9-6-10-14-20)28-26(22(27(28)29)15-19-11-7-5-8-12-19)25-23(31-3)16-21(30-2)17-24(25)32-4/h5-14,16-18,22,26H,15H2,1-4H3/t18-,22+,26-/m1/s1. The first-order valence-electron chi connectivity index (χ1n) is 10.8. The molecule has 1 amide bonds. The van der Waals surface area contributed by atoms with Gasteiger partial charge in [-0.25, -0.2) is 0 Å². The molecule has 1 aliphatic rings. The molecule has 5 nitrogen and oxygen atoms in total. The molecule has 3 aromatic rings. The highest BCUT2D eigenvalue weighted by Crippen LogP contribution is 2.53. The quantitative estimate of drug-likeness (QED) is 0.459. The van der Waals surface area contributed by atoms with Gasteiger partial charge in [0.25, 0.3) is 0 Å². The van der Waals surface area contributed by atoms with Crippen molar-refractivity contribution >= 4 is 5.91 Å². The number of β-lactam (4-membered cyclic amide) rings is 1. The number of carbonyl (C=O) groups is 1. The first-order chi connectivity index (χ1) is 15.6. The smallest absolute Gasteiger partial charge is 0.229 e. The highest BCUT2D eigenvalue weighted by atomic mass is 16.5. The number of benzene rings is 3. The van der Waals surface area contributed by atoms with E-state index in [1.165, 1.54) is 0 Å². The van der Waals surface area contributed by atoms with Crippen LogP contribution >= 0.6 is 0 Å². The van der Waals surface area contributed by atoms with E-state index in [2.05, 4.69) is 31.2 Å². The molecule has 0 saturated carbocycles. The number of nitrogens with zero attached hydrogens (tertiary/aromatic N) is 1. The van der Waals surface area contributed by atoms with E-state index in [1.807, 2.05) is 53.4 Å². The van der Waals surface area contributed by atoms with Crippen LogP contribution in [0.5, 0.6) is 17.2 Å². The molecule has 0 spiro atoms. The minimum absolute atomic E-state index is 0.0859. The van der Waals surface area contributed by atoms with Crippen LogP contribution in [0.3, 0.4) is 0 Å². The van der Waals surface area contributed by atoms with E-state index in [4.69, 9.17) is 14.2 Å². The van der Waals surface area contributed by atoms with Crippen molar-refractivity contribution in [2.45, 2.75) is 25.4 Å². The summed E-state index contributed by atoms with van der Waals surface area (Å²) < 4.78 is 16.9. The highest BCUT2D eigenvalue weighted by molar-refractivity contribution is 5.88. The Kier molecular flexibility index (Phi) is 6.35. The van der Waals surface area contributed by atoms with Crippen molar-refractivity contribution in [2.24, 2.45) is 5.92 Å². The van der Waals surface area contributed by atoms with E-state index in [0.29, 0.717) is 23.7 Å². The van der Waals surface area contributed by atoms with Gasteiger partial charge in [0.1, 0.15) is 17.2 Å². The van der Waals surface area contributed by atoms with E-state index < -0.39 is 0 Å². The molecule has 32 heavy (non-hydrogen) atoms. The summed E-state index contributed by atoms with van der Waals surface area (Å²) in [6.07, 6.45) is 0.653. The molecule has 4 rings (SSSR count). The summed E-state index contributed by atoms with van der Waals surface area (Å²) in [6, 6.07) is 23.7. The van der Waals surface area contributed by atoms with Gasteiger partial charge in [-0.05, 0) is 24.5 Å². The van der Waals surface area contributed by atoms with Gasteiger partial charge in [0.05, 0.1) is 44.9 Å². The molecule has 0 radical (unpaired) electrons. The molecule has 0 aromatic heterocycles. The van der Waals surface area contributed by atoms with E-state index in [1.54, 1.807) is 21.3 Å². The summed E-state index contributed by atoms with van der Waals surface area (Å²) in [5.74, 6) is 1.88.